The molecule has 29 heavy (non-hydrogen) atoms. The molecule has 1 aliphatic heterocycles. The van der Waals surface area contributed by atoms with Crippen molar-refractivity contribution in [1.82, 2.24) is 9.88 Å². The number of hydrogen-bond acceptors (Lipinski definition) is 5. The van der Waals surface area contributed by atoms with Gasteiger partial charge in [-0.15, -0.1) is 0 Å². The SMILES string of the molecule is COc1ccc2nc(N3CCN(C(=O)Cc4ccc(C(C)C)cc4)CC3)sc2c1. The highest BCUT2D eigenvalue weighted by atomic mass is 32.1. The van der Waals surface area contributed by atoms with Gasteiger partial charge in [-0.25, -0.2) is 4.98 Å². The van der Waals surface area contributed by atoms with Crippen molar-refractivity contribution in [2.75, 3.05) is 38.2 Å². The zero-order valence-corrected chi connectivity index (χ0v) is 18.0. The highest BCUT2D eigenvalue weighted by Gasteiger charge is 2.23. The first kappa shape index (κ1) is 19.7. The fraction of sp³-hybridized carbons (Fsp3) is 0.391. The average molecular weight is 410 g/mol. The van der Waals surface area contributed by atoms with Crippen LogP contribution in [0.3, 0.4) is 0 Å². The zero-order valence-electron chi connectivity index (χ0n) is 17.2. The van der Waals surface area contributed by atoms with Crippen molar-refractivity contribution in [3.63, 3.8) is 0 Å². The van der Waals surface area contributed by atoms with E-state index in [1.165, 1.54) is 5.56 Å². The maximum absolute atomic E-state index is 12.7. The Labute approximate surface area is 175 Å². The number of thiazole rings is 1. The molecule has 0 atom stereocenters. The quantitative estimate of drug-likeness (QED) is 0.630. The Kier molecular flexibility index (Phi) is 5.72. The first-order chi connectivity index (χ1) is 14.0. The van der Waals surface area contributed by atoms with E-state index in [1.807, 2.05) is 23.1 Å². The van der Waals surface area contributed by atoms with Crippen LogP contribution in [0.25, 0.3) is 10.2 Å². The molecule has 5 nitrogen and oxygen atoms in total. The van der Waals surface area contributed by atoms with Crippen molar-refractivity contribution in [3.8, 4) is 5.75 Å². The van der Waals surface area contributed by atoms with E-state index in [9.17, 15) is 4.79 Å². The maximum atomic E-state index is 12.7. The summed E-state index contributed by atoms with van der Waals surface area (Å²) in [6, 6.07) is 14.4. The molecule has 0 spiro atoms. The van der Waals surface area contributed by atoms with Gasteiger partial charge in [0.1, 0.15) is 5.75 Å². The molecule has 2 aromatic carbocycles. The molecule has 3 aromatic rings. The highest BCUT2D eigenvalue weighted by Crippen LogP contribution is 2.31. The predicted molar refractivity (Wildman–Crippen MR) is 119 cm³/mol. The Morgan fingerprint density at radius 3 is 2.48 bits per heavy atom. The molecular formula is C23H27N3O2S. The van der Waals surface area contributed by atoms with Gasteiger partial charge in [-0.05, 0) is 35.2 Å². The predicted octanol–water partition coefficient (Wildman–Crippen LogP) is 4.32. The number of piperazine rings is 1. The van der Waals surface area contributed by atoms with Gasteiger partial charge < -0.3 is 14.5 Å². The molecule has 1 aromatic heterocycles. The van der Waals surface area contributed by atoms with E-state index in [1.54, 1.807) is 18.4 Å². The number of amides is 1. The number of benzene rings is 2. The fourth-order valence-corrected chi connectivity index (χ4v) is 4.65. The molecule has 0 unspecified atom stereocenters. The second-order valence-electron chi connectivity index (χ2n) is 7.77. The number of carbonyl (C=O) groups excluding carboxylic acids is 1. The van der Waals surface area contributed by atoms with Crippen molar-refractivity contribution in [2.24, 2.45) is 0 Å². The van der Waals surface area contributed by atoms with Crippen LogP contribution in [0.5, 0.6) is 5.75 Å². The van der Waals surface area contributed by atoms with Crippen molar-refractivity contribution in [3.05, 3.63) is 53.6 Å². The third kappa shape index (κ3) is 4.37. The number of nitrogens with zero attached hydrogens (tertiary/aromatic N) is 3. The largest absolute Gasteiger partial charge is 0.497 e. The molecule has 2 heterocycles. The van der Waals surface area contributed by atoms with Gasteiger partial charge in [0, 0.05) is 26.2 Å². The Morgan fingerprint density at radius 2 is 1.83 bits per heavy atom. The Morgan fingerprint density at radius 1 is 1.10 bits per heavy atom. The number of fused-ring (bicyclic) bond motifs is 1. The molecule has 6 heteroatoms. The molecule has 0 aliphatic carbocycles. The van der Waals surface area contributed by atoms with Gasteiger partial charge in [0.15, 0.2) is 5.13 Å². The van der Waals surface area contributed by atoms with Gasteiger partial charge in [-0.2, -0.15) is 0 Å². The van der Waals surface area contributed by atoms with Crippen LogP contribution >= 0.6 is 11.3 Å². The molecule has 0 N–H and O–H groups in total. The summed E-state index contributed by atoms with van der Waals surface area (Å²) >= 11 is 1.68. The van der Waals surface area contributed by atoms with Crippen molar-refractivity contribution in [2.45, 2.75) is 26.2 Å². The minimum atomic E-state index is 0.205. The fourth-order valence-electron chi connectivity index (χ4n) is 3.61. The molecule has 1 fully saturated rings. The van der Waals surface area contributed by atoms with E-state index >= 15 is 0 Å². The number of aromatic nitrogens is 1. The number of rotatable bonds is 5. The monoisotopic (exact) mass is 409 g/mol. The molecule has 0 radical (unpaired) electrons. The van der Waals surface area contributed by atoms with E-state index in [4.69, 9.17) is 9.72 Å². The number of carbonyl (C=O) groups is 1. The average Bonchev–Trinajstić information content (AvgIpc) is 3.17. The van der Waals surface area contributed by atoms with Gasteiger partial charge in [0.05, 0.1) is 23.7 Å². The summed E-state index contributed by atoms with van der Waals surface area (Å²) in [5.74, 6) is 1.57. The summed E-state index contributed by atoms with van der Waals surface area (Å²) in [5.41, 5.74) is 3.39. The van der Waals surface area contributed by atoms with Gasteiger partial charge >= 0.3 is 0 Å². The summed E-state index contributed by atoms with van der Waals surface area (Å²) in [5, 5.41) is 1.02. The molecule has 0 saturated carbocycles. The highest BCUT2D eigenvalue weighted by molar-refractivity contribution is 7.22. The molecule has 1 aliphatic rings. The first-order valence-corrected chi connectivity index (χ1v) is 10.9. The lowest BCUT2D eigenvalue weighted by atomic mass is 10.0. The summed E-state index contributed by atoms with van der Waals surface area (Å²) in [6.45, 7) is 7.47. The molecule has 4 rings (SSSR count). The van der Waals surface area contributed by atoms with Gasteiger partial charge in [0.2, 0.25) is 5.91 Å². The summed E-state index contributed by atoms with van der Waals surface area (Å²) in [7, 11) is 1.68. The van der Waals surface area contributed by atoms with Crippen LogP contribution in [0.15, 0.2) is 42.5 Å². The minimum Gasteiger partial charge on any atom is -0.497 e. The standard InChI is InChI=1S/C23H27N3O2S/c1-16(2)18-6-4-17(5-7-18)14-22(27)25-10-12-26(13-11-25)23-24-20-9-8-19(28-3)15-21(20)29-23/h4-9,15-16H,10-14H2,1-3H3. The van der Waals surface area contributed by atoms with Crippen LogP contribution in [-0.4, -0.2) is 49.1 Å². The second-order valence-corrected chi connectivity index (χ2v) is 8.78. The Balaban J connectivity index is 1.35. The maximum Gasteiger partial charge on any atom is 0.227 e. The van der Waals surface area contributed by atoms with E-state index in [-0.39, 0.29) is 5.91 Å². The lowest BCUT2D eigenvalue weighted by Gasteiger charge is -2.34. The number of anilines is 1. The smallest absolute Gasteiger partial charge is 0.227 e. The summed E-state index contributed by atoms with van der Waals surface area (Å²) < 4.78 is 6.43. The number of ether oxygens (including phenoxy) is 1. The molecular weight excluding hydrogens is 382 g/mol. The lowest BCUT2D eigenvalue weighted by molar-refractivity contribution is -0.130. The zero-order chi connectivity index (χ0) is 20.4. The second kappa shape index (κ2) is 8.41. The van der Waals surface area contributed by atoms with Crippen LogP contribution < -0.4 is 9.64 Å². The lowest BCUT2D eigenvalue weighted by Crippen LogP contribution is -2.49. The van der Waals surface area contributed by atoms with Crippen LogP contribution in [0.1, 0.15) is 30.9 Å². The summed E-state index contributed by atoms with van der Waals surface area (Å²) in [4.78, 5) is 21.7. The van der Waals surface area contributed by atoms with E-state index < -0.39 is 0 Å². The van der Waals surface area contributed by atoms with E-state index in [0.29, 0.717) is 12.3 Å². The van der Waals surface area contributed by atoms with Crippen molar-refractivity contribution < 1.29 is 9.53 Å². The van der Waals surface area contributed by atoms with Gasteiger partial charge in [-0.3, -0.25) is 4.79 Å². The van der Waals surface area contributed by atoms with Gasteiger partial charge in [-0.1, -0.05) is 49.4 Å². The first-order valence-electron chi connectivity index (χ1n) is 10.1. The van der Waals surface area contributed by atoms with Crippen LogP contribution in [0.2, 0.25) is 0 Å². The topological polar surface area (TPSA) is 45.7 Å². The Hall–Kier alpha value is -2.60. The Bertz CT molecular complexity index is 989. The molecule has 152 valence electrons. The van der Waals surface area contributed by atoms with Crippen LogP contribution in [0.4, 0.5) is 5.13 Å². The molecule has 1 saturated heterocycles. The van der Waals surface area contributed by atoms with Crippen LogP contribution in [-0.2, 0) is 11.2 Å². The van der Waals surface area contributed by atoms with E-state index in [0.717, 1.165) is 52.8 Å². The molecule has 1 amide bonds. The number of methoxy groups -OCH3 is 1. The van der Waals surface area contributed by atoms with Crippen molar-refractivity contribution >= 4 is 32.6 Å². The summed E-state index contributed by atoms with van der Waals surface area (Å²) in [6.07, 6.45) is 0.472. The van der Waals surface area contributed by atoms with E-state index in [2.05, 4.69) is 43.0 Å². The van der Waals surface area contributed by atoms with Crippen LogP contribution in [0, 0.1) is 0 Å². The molecule has 0 bridgehead atoms. The third-order valence-electron chi connectivity index (χ3n) is 5.49. The number of hydrogen-bond donors (Lipinski definition) is 0. The normalized spacial score (nSPS) is 14.6. The third-order valence-corrected chi connectivity index (χ3v) is 6.57. The van der Waals surface area contributed by atoms with Crippen molar-refractivity contribution in [1.29, 1.82) is 0 Å². The minimum absolute atomic E-state index is 0.205. The van der Waals surface area contributed by atoms with Gasteiger partial charge in [0.25, 0.3) is 0 Å².